The molecule has 4 nitrogen and oxygen atoms in total. The van der Waals surface area contributed by atoms with E-state index < -0.39 is 0 Å². The van der Waals surface area contributed by atoms with Crippen LogP contribution in [0.2, 0.25) is 0 Å². The van der Waals surface area contributed by atoms with Crippen LogP contribution >= 0.6 is 0 Å². The Morgan fingerprint density at radius 1 is 1.16 bits per heavy atom. The zero-order valence-corrected chi connectivity index (χ0v) is 19.5. The highest BCUT2D eigenvalue weighted by Gasteiger charge is 2.41. The zero-order chi connectivity index (χ0) is 22.3. The largest absolute Gasteiger partial charge is 0.496 e. The lowest BCUT2D eigenvalue weighted by atomic mass is 9.68. The number of ether oxygens (including phenoxy) is 2. The van der Waals surface area contributed by atoms with Crippen molar-refractivity contribution in [3.05, 3.63) is 65.7 Å². The average molecular weight is 424 g/mol. The van der Waals surface area contributed by atoms with Gasteiger partial charge in [0.25, 0.3) is 0 Å². The van der Waals surface area contributed by atoms with Gasteiger partial charge in [-0.2, -0.15) is 0 Å². The molecular weight excluding hydrogens is 386 g/mol. The lowest BCUT2D eigenvalue weighted by Crippen LogP contribution is -2.44. The van der Waals surface area contributed by atoms with E-state index in [0.29, 0.717) is 18.9 Å². The van der Waals surface area contributed by atoms with Crippen molar-refractivity contribution in [2.45, 2.75) is 64.5 Å². The Balaban J connectivity index is 1.89. The van der Waals surface area contributed by atoms with E-state index in [1.807, 2.05) is 36.1 Å². The van der Waals surface area contributed by atoms with E-state index in [1.165, 1.54) is 11.1 Å². The predicted molar refractivity (Wildman–Crippen MR) is 125 cm³/mol. The quantitative estimate of drug-likeness (QED) is 0.527. The molecule has 0 unspecified atom stereocenters. The summed E-state index contributed by atoms with van der Waals surface area (Å²) in [6, 6.07) is 18.6. The second kappa shape index (κ2) is 10.8. The van der Waals surface area contributed by atoms with Crippen LogP contribution in [0.25, 0.3) is 0 Å². The van der Waals surface area contributed by atoms with E-state index in [1.54, 1.807) is 7.11 Å². The minimum absolute atomic E-state index is 0.0667. The Hall–Kier alpha value is -2.33. The maximum Gasteiger partial charge on any atom is 0.222 e. The van der Waals surface area contributed by atoms with Gasteiger partial charge >= 0.3 is 0 Å². The van der Waals surface area contributed by atoms with Gasteiger partial charge < -0.3 is 14.4 Å². The molecule has 2 aromatic carbocycles. The minimum atomic E-state index is -0.0667. The molecule has 0 saturated carbocycles. The standard InChI is InChI=1S/C27H37NO3/c1-5-26(29)28(20-22-11-7-6-8-12-22)17-15-27(16-18-31-25(19-27)21(2)3)23-13-9-10-14-24(23)30-4/h6-14,21,25H,5,15-20H2,1-4H3/t25-,27+/m0/s1. The maximum absolute atomic E-state index is 12.8. The van der Waals surface area contributed by atoms with Gasteiger partial charge in [-0.1, -0.05) is 69.3 Å². The van der Waals surface area contributed by atoms with Crippen molar-refractivity contribution in [2.75, 3.05) is 20.3 Å². The van der Waals surface area contributed by atoms with Gasteiger partial charge in [-0.15, -0.1) is 0 Å². The van der Waals surface area contributed by atoms with Gasteiger partial charge in [-0.05, 0) is 36.8 Å². The molecule has 168 valence electrons. The molecule has 1 aliphatic rings. The molecule has 3 rings (SSSR count). The molecule has 2 aromatic rings. The summed E-state index contributed by atoms with van der Waals surface area (Å²) < 4.78 is 11.9. The highest BCUT2D eigenvalue weighted by atomic mass is 16.5. The lowest BCUT2D eigenvalue weighted by Gasteiger charge is -2.44. The molecule has 1 heterocycles. The van der Waals surface area contributed by atoms with E-state index in [4.69, 9.17) is 9.47 Å². The number of benzene rings is 2. The molecule has 4 heteroatoms. The van der Waals surface area contributed by atoms with Crippen LogP contribution in [0.5, 0.6) is 5.75 Å². The van der Waals surface area contributed by atoms with Gasteiger partial charge in [-0.25, -0.2) is 0 Å². The molecule has 0 spiro atoms. The summed E-state index contributed by atoms with van der Waals surface area (Å²) in [5.74, 6) is 1.59. The lowest BCUT2D eigenvalue weighted by molar-refractivity contribution is -0.132. The fraction of sp³-hybridized carbons (Fsp3) is 0.519. The van der Waals surface area contributed by atoms with Crippen molar-refractivity contribution in [2.24, 2.45) is 5.92 Å². The molecule has 1 saturated heterocycles. The Bertz CT molecular complexity index is 835. The average Bonchev–Trinajstić information content (AvgIpc) is 2.82. The van der Waals surface area contributed by atoms with Gasteiger partial charge in [0.05, 0.1) is 13.2 Å². The first-order valence-electron chi connectivity index (χ1n) is 11.6. The Morgan fingerprint density at radius 2 is 1.87 bits per heavy atom. The fourth-order valence-corrected chi connectivity index (χ4v) is 4.74. The SMILES string of the molecule is CCC(=O)N(CC[C@@]1(c2ccccc2OC)CCO[C@H](C(C)C)C1)Cc1ccccc1. The number of hydrogen-bond donors (Lipinski definition) is 0. The maximum atomic E-state index is 12.8. The van der Waals surface area contributed by atoms with Crippen LogP contribution in [0.15, 0.2) is 54.6 Å². The molecule has 0 aliphatic carbocycles. The predicted octanol–water partition coefficient (Wildman–Crippen LogP) is 5.60. The highest BCUT2D eigenvalue weighted by Crippen LogP contribution is 2.45. The Labute approximate surface area is 187 Å². The fourth-order valence-electron chi connectivity index (χ4n) is 4.74. The summed E-state index contributed by atoms with van der Waals surface area (Å²) in [4.78, 5) is 14.8. The highest BCUT2D eigenvalue weighted by molar-refractivity contribution is 5.75. The van der Waals surface area contributed by atoms with Gasteiger partial charge in [0.15, 0.2) is 0 Å². The number of rotatable bonds is 9. The molecule has 1 fully saturated rings. The van der Waals surface area contributed by atoms with Crippen LogP contribution in [0.1, 0.15) is 57.6 Å². The molecule has 0 bridgehead atoms. The van der Waals surface area contributed by atoms with Crippen LogP contribution < -0.4 is 4.74 Å². The summed E-state index contributed by atoms with van der Waals surface area (Å²) in [5.41, 5.74) is 2.35. The third-order valence-corrected chi connectivity index (χ3v) is 6.66. The molecule has 1 aliphatic heterocycles. The van der Waals surface area contributed by atoms with Crippen LogP contribution in [-0.4, -0.2) is 37.2 Å². The number of nitrogens with zero attached hydrogens (tertiary/aromatic N) is 1. The van der Waals surface area contributed by atoms with Gasteiger partial charge in [0, 0.05) is 37.1 Å². The molecule has 31 heavy (non-hydrogen) atoms. The van der Waals surface area contributed by atoms with Crippen molar-refractivity contribution in [1.82, 2.24) is 4.90 Å². The normalized spacial score (nSPS) is 21.1. The Morgan fingerprint density at radius 3 is 2.55 bits per heavy atom. The summed E-state index contributed by atoms with van der Waals surface area (Å²) in [6.07, 6.45) is 3.52. The van der Waals surface area contributed by atoms with Gasteiger partial charge in [0.2, 0.25) is 5.91 Å². The van der Waals surface area contributed by atoms with Crippen molar-refractivity contribution in [3.63, 3.8) is 0 Å². The number of amides is 1. The van der Waals surface area contributed by atoms with Crippen LogP contribution in [0, 0.1) is 5.92 Å². The van der Waals surface area contributed by atoms with Crippen LogP contribution in [0.4, 0.5) is 0 Å². The molecule has 0 N–H and O–H groups in total. The molecule has 0 aromatic heterocycles. The van der Waals surface area contributed by atoms with Crippen molar-refractivity contribution < 1.29 is 14.3 Å². The van der Waals surface area contributed by atoms with Gasteiger partial charge in [-0.3, -0.25) is 4.79 Å². The molecule has 1 amide bonds. The summed E-state index contributed by atoms with van der Waals surface area (Å²) in [6.45, 7) is 8.52. The first-order valence-corrected chi connectivity index (χ1v) is 11.6. The number of carbonyl (C=O) groups is 1. The summed E-state index contributed by atoms with van der Waals surface area (Å²) in [5, 5.41) is 0. The summed E-state index contributed by atoms with van der Waals surface area (Å²) >= 11 is 0. The Kier molecular flexibility index (Phi) is 8.14. The number of hydrogen-bond acceptors (Lipinski definition) is 3. The number of methoxy groups -OCH3 is 1. The van der Waals surface area contributed by atoms with Crippen LogP contribution in [0.3, 0.4) is 0 Å². The van der Waals surface area contributed by atoms with E-state index >= 15 is 0 Å². The second-order valence-electron chi connectivity index (χ2n) is 8.99. The molecular formula is C27H37NO3. The first-order chi connectivity index (χ1) is 15.0. The van der Waals surface area contributed by atoms with Gasteiger partial charge in [0.1, 0.15) is 5.75 Å². The minimum Gasteiger partial charge on any atom is -0.496 e. The zero-order valence-electron chi connectivity index (χ0n) is 19.5. The van der Waals surface area contributed by atoms with E-state index in [2.05, 4.69) is 44.2 Å². The smallest absolute Gasteiger partial charge is 0.222 e. The van der Waals surface area contributed by atoms with E-state index in [9.17, 15) is 4.79 Å². The molecule has 0 radical (unpaired) electrons. The first kappa shape index (κ1) is 23.3. The monoisotopic (exact) mass is 423 g/mol. The number of carbonyl (C=O) groups excluding carboxylic acids is 1. The second-order valence-corrected chi connectivity index (χ2v) is 8.99. The third kappa shape index (κ3) is 5.68. The number of para-hydroxylation sites is 1. The van der Waals surface area contributed by atoms with Crippen molar-refractivity contribution in [1.29, 1.82) is 0 Å². The molecule has 2 atom stereocenters. The van der Waals surface area contributed by atoms with Crippen molar-refractivity contribution in [3.8, 4) is 5.75 Å². The van der Waals surface area contributed by atoms with E-state index in [-0.39, 0.29) is 17.4 Å². The van der Waals surface area contributed by atoms with Crippen LogP contribution in [-0.2, 0) is 21.5 Å². The summed E-state index contributed by atoms with van der Waals surface area (Å²) in [7, 11) is 1.74. The third-order valence-electron chi connectivity index (χ3n) is 6.66. The topological polar surface area (TPSA) is 38.8 Å². The van der Waals surface area contributed by atoms with Crippen molar-refractivity contribution >= 4 is 5.91 Å². The van der Waals surface area contributed by atoms with E-state index in [0.717, 1.165) is 38.2 Å².